The standard InChI is InChI=1S/C13H21N3O4S/c1-5-13(2,3)9-15-21(19,20)12-7-6-10(14-4)8-11(12)16(17)18/h6-8,14-15H,5,9H2,1-4H3. The van der Waals surface area contributed by atoms with E-state index in [1.54, 1.807) is 7.05 Å². The third-order valence-corrected chi connectivity index (χ3v) is 4.88. The van der Waals surface area contributed by atoms with Crippen LogP contribution < -0.4 is 10.0 Å². The van der Waals surface area contributed by atoms with Gasteiger partial charge in [-0.25, -0.2) is 13.1 Å². The van der Waals surface area contributed by atoms with E-state index in [1.807, 2.05) is 20.8 Å². The van der Waals surface area contributed by atoms with Crippen molar-refractivity contribution in [1.29, 1.82) is 0 Å². The molecule has 0 fully saturated rings. The van der Waals surface area contributed by atoms with E-state index in [2.05, 4.69) is 10.0 Å². The van der Waals surface area contributed by atoms with Gasteiger partial charge in [-0.2, -0.15) is 0 Å². The van der Waals surface area contributed by atoms with Gasteiger partial charge in [-0.05, 0) is 24.0 Å². The Bertz CT molecular complexity index is 626. The molecule has 0 aliphatic carbocycles. The molecule has 7 nitrogen and oxygen atoms in total. The summed E-state index contributed by atoms with van der Waals surface area (Å²) in [6.07, 6.45) is 0.788. The summed E-state index contributed by atoms with van der Waals surface area (Å²) >= 11 is 0. The van der Waals surface area contributed by atoms with Crippen LogP contribution in [0.1, 0.15) is 27.2 Å². The Hall–Kier alpha value is -1.67. The highest BCUT2D eigenvalue weighted by Gasteiger charge is 2.28. The molecule has 0 bridgehead atoms. The Morgan fingerprint density at radius 2 is 1.95 bits per heavy atom. The maximum atomic E-state index is 12.3. The van der Waals surface area contributed by atoms with Crippen molar-refractivity contribution in [3.8, 4) is 0 Å². The first-order valence-electron chi connectivity index (χ1n) is 6.59. The van der Waals surface area contributed by atoms with Crippen LogP contribution in [-0.2, 0) is 10.0 Å². The third-order valence-electron chi connectivity index (χ3n) is 3.43. The van der Waals surface area contributed by atoms with Crippen LogP contribution in [0.5, 0.6) is 0 Å². The fourth-order valence-corrected chi connectivity index (χ4v) is 2.93. The molecule has 1 rings (SSSR count). The van der Waals surface area contributed by atoms with E-state index in [9.17, 15) is 18.5 Å². The Balaban J connectivity index is 3.16. The molecule has 1 aromatic carbocycles. The van der Waals surface area contributed by atoms with Gasteiger partial charge in [0.2, 0.25) is 10.0 Å². The summed E-state index contributed by atoms with van der Waals surface area (Å²) in [5.74, 6) is 0. The molecule has 0 aromatic heterocycles. The summed E-state index contributed by atoms with van der Waals surface area (Å²) < 4.78 is 27.0. The number of nitrogens with zero attached hydrogens (tertiary/aromatic N) is 1. The van der Waals surface area contributed by atoms with Gasteiger partial charge in [0.05, 0.1) is 4.92 Å². The molecule has 0 spiro atoms. The maximum absolute atomic E-state index is 12.3. The molecule has 0 aliphatic heterocycles. The lowest BCUT2D eigenvalue weighted by Gasteiger charge is -2.22. The number of rotatable bonds is 7. The van der Waals surface area contributed by atoms with Gasteiger partial charge in [0.1, 0.15) is 0 Å². The molecule has 0 amide bonds. The molecule has 21 heavy (non-hydrogen) atoms. The fraction of sp³-hybridized carbons (Fsp3) is 0.538. The number of nitro groups is 1. The van der Waals surface area contributed by atoms with Crippen LogP contribution in [0.2, 0.25) is 0 Å². The minimum atomic E-state index is -3.92. The molecule has 2 N–H and O–H groups in total. The normalized spacial score (nSPS) is 12.2. The number of hydrogen-bond donors (Lipinski definition) is 2. The summed E-state index contributed by atoms with van der Waals surface area (Å²) in [6, 6.07) is 3.94. The molecule has 1 aromatic rings. The van der Waals surface area contributed by atoms with Crippen LogP contribution in [0.25, 0.3) is 0 Å². The van der Waals surface area contributed by atoms with Crippen molar-refractivity contribution >= 4 is 21.4 Å². The van der Waals surface area contributed by atoms with Crippen LogP contribution >= 0.6 is 0 Å². The van der Waals surface area contributed by atoms with Crippen molar-refractivity contribution in [3.05, 3.63) is 28.3 Å². The van der Waals surface area contributed by atoms with Gasteiger partial charge in [-0.3, -0.25) is 10.1 Å². The molecular formula is C13H21N3O4S. The van der Waals surface area contributed by atoms with Crippen LogP contribution in [0.4, 0.5) is 11.4 Å². The molecule has 118 valence electrons. The number of hydrogen-bond acceptors (Lipinski definition) is 5. The second kappa shape index (κ2) is 6.40. The molecular weight excluding hydrogens is 294 g/mol. The van der Waals surface area contributed by atoms with Crippen LogP contribution in [-0.4, -0.2) is 26.9 Å². The number of benzene rings is 1. The van der Waals surface area contributed by atoms with Crippen molar-refractivity contribution in [2.75, 3.05) is 18.9 Å². The molecule has 0 radical (unpaired) electrons. The minimum absolute atomic E-state index is 0.216. The lowest BCUT2D eigenvalue weighted by Crippen LogP contribution is -2.33. The summed E-state index contributed by atoms with van der Waals surface area (Å²) in [7, 11) is -2.32. The second-order valence-corrected chi connectivity index (χ2v) is 7.27. The van der Waals surface area contributed by atoms with Gasteiger partial charge < -0.3 is 5.32 Å². The van der Waals surface area contributed by atoms with Gasteiger partial charge in [0.25, 0.3) is 5.69 Å². The summed E-state index contributed by atoms with van der Waals surface area (Å²) in [5.41, 5.74) is -0.176. The third kappa shape index (κ3) is 4.40. The topological polar surface area (TPSA) is 101 Å². The Labute approximate surface area is 124 Å². The van der Waals surface area contributed by atoms with Gasteiger partial charge in [-0.15, -0.1) is 0 Å². The van der Waals surface area contributed by atoms with Crippen LogP contribution in [0.3, 0.4) is 0 Å². The van der Waals surface area contributed by atoms with Gasteiger partial charge in [0, 0.05) is 25.3 Å². The first-order valence-corrected chi connectivity index (χ1v) is 8.07. The van der Waals surface area contributed by atoms with Gasteiger partial charge in [-0.1, -0.05) is 20.8 Å². The lowest BCUT2D eigenvalue weighted by atomic mass is 9.91. The molecule has 0 saturated heterocycles. The minimum Gasteiger partial charge on any atom is -0.388 e. The fourth-order valence-electron chi connectivity index (χ4n) is 1.54. The summed E-state index contributed by atoms with van der Waals surface area (Å²) in [6.45, 7) is 6.03. The van der Waals surface area contributed by atoms with E-state index < -0.39 is 20.6 Å². The van der Waals surface area contributed by atoms with Crippen molar-refractivity contribution in [2.45, 2.75) is 32.1 Å². The summed E-state index contributed by atoms with van der Waals surface area (Å²) in [4.78, 5) is 10.1. The average Bonchev–Trinajstić information content (AvgIpc) is 2.44. The molecule has 0 atom stereocenters. The van der Waals surface area contributed by atoms with E-state index in [-0.39, 0.29) is 16.9 Å². The van der Waals surface area contributed by atoms with E-state index >= 15 is 0 Å². The maximum Gasteiger partial charge on any atom is 0.291 e. The molecule has 0 heterocycles. The Morgan fingerprint density at radius 3 is 2.43 bits per heavy atom. The van der Waals surface area contributed by atoms with Crippen molar-refractivity contribution in [2.24, 2.45) is 5.41 Å². The molecule has 0 saturated carbocycles. The molecule has 0 aliphatic rings. The second-order valence-electron chi connectivity index (χ2n) is 5.53. The number of anilines is 1. The van der Waals surface area contributed by atoms with E-state index in [4.69, 9.17) is 0 Å². The predicted octanol–water partition coefficient (Wildman–Crippen LogP) is 2.35. The number of sulfonamides is 1. The SMILES string of the molecule is CCC(C)(C)CNS(=O)(=O)c1ccc(NC)cc1[N+](=O)[O-]. The van der Waals surface area contributed by atoms with Crippen LogP contribution in [0, 0.1) is 15.5 Å². The largest absolute Gasteiger partial charge is 0.388 e. The van der Waals surface area contributed by atoms with Crippen molar-refractivity contribution < 1.29 is 13.3 Å². The lowest BCUT2D eigenvalue weighted by molar-refractivity contribution is -0.387. The quantitative estimate of drug-likeness (QED) is 0.594. The Kier molecular flexibility index (Phi) is 5.30. The smallest absolute Gasteiger partial charge is 0.291 e. The highest BCUT2D eigenvalue weighted by atomic mass is 32.2. The first-order chi connectivity index (χ1) is 9.63. The number of nitro benzene ring substituents is 1. The first kappa shape index (κ1) is 17.4. The number of nitrogens with one attached hydrogen (secondary N) is 2. The van der Waals surface area contributed by atoms with E-state index in [0.29, 0.717) is 5.69 Å². The van der Waals surface area contributed by atoms with Crippen LogP contribution in [0.15, 0.2) is 23.1 Å². The van der Waals surface area contributed by atoms with Crippen molar-refractivity contribution in [1.82, 2.24) is 4.72 Å². The zero-order valence-electron chi connectivity index (χ0n) is 12.6. The molecule has 8 heteroatoms. The average molecular weight is 315 g/mol. The summed E-state index contributed by atoms with van der Waals surface area (Å²) in [5, 5.41) is 13.8. The predicted molar refractivity (Wildman–Crippen MR) is 81.9 cm³/mol. The molecule has 0 unspecified atom stereocenters. The highest BCUT2D eigenvalue weighted by molar-refractivity contribution is 7.89. The van der Waals surface area contributed by atoms with E-state index in [0.717, 1.165) is 6.42 Å². The zero-order valence-corrected chi connectivity index (χ0v) is 13.5. The van der Waals surface area contributed by atoms with Gasteiger partial charge >= 0.3 is 0 Å². The highest BCUT2D eigenvalue weighted by Crippen LogP contribution is 2.27. The van der Waals surface area contributed by atoms with Crippen molar-refractivity contribution in [3.63, 3.8) is 0 Å². The zero-order chi connectivity index (χ0) is 16.3. The van der Waals surface area contributed by atoms with E-state index in [1.165, 1.54) is 18.2 Å². The Morgan fingerprint density at radius 1 is 1.33 bits per heavy atom. The van der Waals surface area contributed by atoms with Gasteiger partial charge in [0.15, 0.2) is 4.90 Å². The monoisotopic (exact) mass is 315 g/mol.